The molecule has 1 aliphatic rings. The summed E-state index contributed by atoms with van der Waals surface area (Å²) in [5.41, 5.74) is 0.429. The van der Waals surface area contributed by atoms with E-state index in [4.69, 9.17) is 9.47 Å². The highest BCUT2D eigenvalue weighted by Crippen LogP contribution is 2.38. The summed E-state index contributed by atoms with van der Waals surface area (Å²) in [6.07, 6.45) is 0.501. The Balaban J connectivity index is 1.98. The van der Waals surface area contributed by atoms with Crippen LogP contribution in [0, 0.1) is 21.4 Å². The van der Waals surface area contributed by atoms with Gasteiger partial charge in [0.25, 0.3) is 11.6 Å². The van der Waals surface area contributed by atoms with E-state index >= 15 is 0 Å². The zero-order valence-electron chi connectivity index (χ0n) is 16.5. The quantitative estimate of drug-likeness (QED) is 0.569. The second-order valence-corrected chi connectivity index (χ2v) is 7.55. The van der Waals surface area contributed by atoms with Crippen LogP contribution >= 0.6 is 11.3 Å². The Bertz CT molecular complexity index is 1090. The first-order valence-electron chi connectivity index (χ1n) is 8.82. The van der Waals surface area contributed by atoms with Crippen molar-refractivity contribution in [3.05, 3.63) is 43.8 Å². The fourth-order valence-corrected chi connectivity index (χ4v) is 4.46. The van der Waals surface area contributed by atoms with Crippen molar-refractivity contribution < 1.29 is 24.0 Å². The summed E-state index contributed by atoms with van der Waals surface area (Å²) < 4.78 is 10.2. The summed E-state index contributed by atoms with van der Waals surface area (Å²) in [5.74, 6) is -0.536. The van der Waals surface area contributed by atoms with Gasteiger partial charge in [0.1, 0.15) is 16.6 Å². The highest BCUT2D eigenvalue weighted by molar-refractivity contribution is 7.16. The Morgan fingerprint density at radius 2 is 1.97 bits per heavy atom. The number of nitriles is 1. The van der Waals surface area contributed by atoms with Crippen molar-refractivity contribution in [3.63, 3.8) is 0 Å². The number of nitro benzene ring substituents is 1. The van der Waals surface area contributed by atoms with E-state index in [0.29, 0.717) is 30.1 Å². The summed E-state index contributed by atoms with van der Waals surface area (Å²) >= 11 is 1.19. The van der Waals surface area contributed by atoms with Crippen LogP contribution < -0.4 is 14.8 Å². The average molecular weight is 430 g/mol. The molecular weight excluding hydrogens is 412 g/mol. The van der Waals surface area contributed by atoms with Gasteiger partial charge in [-0.25, -0.2) is 0 Å². The van der Waals surface area contributed by atoms with Gasteiger partial charge in [-0.05, 0) is 12.0 Å². The molecule has 0 unspecified atom stereocenters. The third kappa shape index (κ3) is 3.77. The summed E-state index contributed by atoms with van der Waals surface area (Å²) in [7, 11) is 2.69. The number of carbonyl (C=O) groups excluding carboxylic acids is 2. The van der Waals surface area contributed by atoms with Crippen molar-refractivity contribution in [1.82, 2.24) is 4.90 Å². The van der Waals surface area contributed by atoms with Crippen molar-refractivity contribution in [2.75, 3.05) is 26.1 Å². The van der Waals surface area contributed by atoms with E-state index in [1.165, 1.54) is 38.5 Å². The predicted molar refractivity (Wildman–Crippen MR) is 108 cm³/mol. The van der Waals surface area contributed by atoms with E-state index < -0.39 is 16.5 Å². The van der Waals surface area contributed by atoms with E-state index in [1.807, 2.05) is 0 Å². The van der Waals surface area contributed by atoms with Crippen molar-refractivity contribution in [2.45, 2.75) is 19.9 Å². The van der Waals surface area contributed by atoms with E-state index in [2.05, 4.69) is 11.4 Å². The maximum absolute atomic E-state index is 12.9. The summed E-state index contributed by atoms with van der Waals surface area (Å²) in [6.45, 7) is 2.32. The smallest absolute Gasteiger partial charge is 0.286 e. The largest absolute Gasteiger partial charge is 0.493 e. The van der Waals surface area contributed by atoms with Crippen molar-refractivity contribution in [3.8, 4) is 17.6 Å². The molecule has 0 spiro atoms. The minimum atomic E-state index is -0.749. The van der Waals surface area contributed by atoms with Gasteiger partial charge in [-0.15, -0.1) is 11.3 Å². The van der Waals surface area contributed by atoms with Gasteiger partial charge in [-0.3, -0.25) is 19.7 Å². The normalized spacial score (nSPS) is 12.5. The maximum Gasteiger partial charge on any atom is 0.286 e. The Hall–Kier alpha value is -3.65. The molecular formula is C19H18N4O6S. The van der Waals surface area contributed by atoms with Gasteiger partial charge in [0.05, 0.1) is 37.3 Å². The number of nitrogens with zero attached hydrogens (tertiary/aromatic N) is 3. The molecule has 2 heterocycles. The second kappa shape index (κ2) is 8.38. The Morgan fingerprint density at radius 3 is 2.53 bits per heavy atom. The number of hydrogen-bond acceptors (Lipinski definition) is 8. The van der Waals surface area contributed by atoms with Crippen molar-refractivity contribution in [1.29, 1.82) is 5.26 Å². The monoisotopic (exact) mass is 430 g/mol. The highest BCUT2D eigenvalue weighted by Gasteiger charge is 2.29. The third-order valence-electron chi connectivity index (χ3n) is 4.78. The number of anilines is 1. The maximum atomic E-state index is 12.9. The van der Waals surface area contributed by atoms with Crippen LogP contribution in [0.5, 0.6) is 11.5 Å². The zero-order valence-corrected chi connectivity index (χ0v) is 17.3. The van der Waals surface area contributed by atoms with E-state index in [1.54, 1.807) is 4.90 Å². The van der Waals surface area contributed by atoms with Crippen LogP contribution in [0.3, 0.4) is 0 Å². The molecule has 3 rings (SSSR count). The molecule has 1 aromatic heterocycles. The van der Waals surface area contributed by atoms with Crippen molar-refractivity contribution >= 4 is 33.8 Å². The van der Waals surface area contributed by atoms with E-state index in [0.717, 1.165) is 16.5 Å². The summed E-state index contributed by atoms with van der Waals surface area (Å²) in [4.78, 5) is 37.8. The zero-order chi connectivity index (χ0) is 22.0. The molecule has 2 aromatic rings. The van der Waals surface area contributed by atoms with Crippen LogP contribution in [0.2, 0.25) is 0 Å². The molecule has 30 heavy (non-hydrogen) atoms. The molecule has 0 aliphatic carbocycles. The Kier molecular flexibility index (Phi) is 5.89. The lowest BCUT2D eigenvalue weighted by atomic mass is 10.0. The number of amides is 2. The number of thiophene rings is 1. The lowest BCUT2D eigenvalue weighted by Crippen LogP contribution is -2.33. The number of rotatable bonds is 5. The number of methoxy groups -OCH3 is 2. The second-order valence-electron chi connectivity index (χ2n) is 6.45. The Morgan fingerprint density at radius 1 is 1.30 bits per heavy atom. The van der Waals surface area contributed by atoms with Crippen LogP contribution in [0.15, 0.2) is 12.1 Å². The number of nitrogens with one attached hydrogen (secondary N) is 1. The molecule has 0 saturated heterocycles. The number of ether oxygens (including phenoxy) is 2. The van der Waals surface area contributed by atoms with E-state index in [-0.39, 0.29) is 23.0 Å². The topological polar surface area (TPSA) is 135 Å². The van der Waals surface area contributed by atoms with Gasteiger partial charge < -0.3 is 19.7 Å². The summed E-state index contributed by atoms with van der Waals surface area (Å²) in [6, 6.07) is 4.44. The molecule has 156 valence electrons. The van der Waals surface area contributed by atoms with Gasteiger partial charge in [0.15, 0.2) is 11.5 Å². The van der Waals surface area contributed by atoms with Crippen LogP contribution in [0.4, 0.5) is 10.7 Å². The standard InChI is InChI=1S/C19H18N4O6S/c1-10(24)22-5-4-11-13(8-20)19(30-17(11)9-22)21-18(25)12-6-15(28-2)16(29-3)7-14(12)23(26)27/h6-7H,4-5,9H2,1-3H3,(H,21,25). The number of carbonyl (C=O) groups is 2. The minimum absolute atomic E-state index is 0.0703. The molecule has 1 aliphatic heterocycles. The third-order valence-corrected chi connectivity index (χ3v) is 5.92. The van der Waals surface area contributed by atoms with Gasteiger partial charge >= 0.3 is 0 Å². The number of fused-ring (bicyclic) bond motifs is 1. The molecule has 0 atom stereocenters. The highest BCUT2D eigenvalue weighted by atomic mass is 32.1. The SMILES string of the molecule is COc1cc(C(=O)Nc2sc3c(c2C#N)CCN(C(C)=O)C3)c([N+](=O)[O-])cc1OC. The number of benzene rings is 1. The first kappa shape index (κ1) is 21.1. The summed E-state index contributed by atoms with van der Waals surface area (Å²) in [5, 5.41) is 24.0. The van der Waals surface area contributed by atoms with Crippen molar-refractivity contribution in [2.24, 2.45) is 0 Å². The molecule has 11 heteroatoms. The molecule has 0 saturated carbocycles. The van der Waals surface area contributed by atoms with Gasteiger partial charge in [0.2, 0.25) is 5.91 Å². The average Bonchev–Trinajstić information content (AvgIpc) is 3.08. The van der Waals surface area contributed by atoms with Gasteiger partial charge in [0, 0.05) is 24.4 Å². The number of nitro groups is 1. The minimum Gasteiger partial charge on any atom is -0.493 e. The van der Waals surface area contributed by atoms with Crippen LogP contribution in [0.1, 0.15) is 33.3 Å². The molecule has 1 aromatic carbocycles. The predicted octanol–water partition coefficient (Wildman–Crippen LogP) is 2.70. The Labute approximate surface area is 175 Å². The first-order chi connectivity index (χ1) is 14.3. The van der Waals surface area contributed by atoms with Gasteiger partial charge in [-0.1, -0.05) is 0 Å². The molecule has 1 N–H and O–H groups in total. The molecule has 10 nitrogen and oxygen atoms in total. The fourth-order valence-electron chi connectivity index (χ4n) is 3.25. The molecule has 0 radical (unpaired) electrons. The lowest BCUT2D eigenvalue weighted by Gasteiger charge is -2.25. The number of hydrogen-bond donors (Lipinski definition) is 1. The molecule has 0 bridgehead atoms. The van der Waals surface area contributed by atoms with Gasteiger partial charge in [-0.2, -0.15) is 5.26 Å². The molecule has 0 fully saturated rings. The lowest BCUT2D eigenvalue weighted by molar-refractivity contribution is -0.385. The molecule has 2 amide bonds. The first-order valence-corrected chi connectivity index (χ1v) is 9.64. The van der Waals surface area contributed by atoms with Crippen LogP contribution in [0.25, 0.3) is 0 Å². The van der Waals surface area contributed by atoms with Crippen LogP contribution in [-0.4, -0.2) is 42.4 Å². The van der Waals surface area contributed by atoms with E-state index in [9.17, 15) is 25.0 Å². The van der Waals surface area contributed by atoms with Crippen LogP contribution in [-0.2, 0) is 17.8 Å². The fraction of sp³-hybridized carbons (Fsp3) is 0.316.